The van der Waals surface area contributed by atoms with Crippen LogP contribution < -0.4 is 10.6 Å². The first kappa shape index (κ1) is 25.3. The molecule has 0 aromatic heterocycles. The van der Waals surface area contributed by atoms with Crippen molar-refractivity contribution in [1.82, 2.24) is 10.6 Å². The van der Waals surface area contributed by atoms with Crippen LogP contribution in [0.25, 0.3) is 0 Å². The monoisotopic (exact) mass is 484 g/mol. The van der Waals surface area contributed by atoms with Crippen LogP contribution in [0.15, 0.2) is 83.9 Å². The summed E-state index contributed by atoms with van der Waals surface area (Å²) in [4.78, 5) is 29.5. The van der Waals surface area contributed by atoms with Crippen LogP contribution in [0.3, 0.4) is 0 Å². The van der Waals surface area contributed by atoms with Crippen molar-refractivity contribution in [2.45, 2.75) is 57.7 Å². The van der Waals surface area contributed by atoms with Crippen molar-refractivity contribution in [2.24, 2.45) is 4.99 Å². The van der Waals surface area contributed by atoms with Gasteiger partial charge in [-0.2, -0.15) is 0 Å². The van der Waals surface area contributed by atoms with E-state index < -0.39 is 4.92 Å². The summed E-state index contributed by atoms with van der Waals surface area (Å²) >= 11 is 0. The van der Waals surface area contributed by atoms with Gasteiger partial charge in [-0.3, -0.25) is 14.9 Å². The van der Waals surface area contributed by atoms with E-state index >= 15 is 0 Å². The van der Waals surface area contributed by atoms with Crippen LogP contribution in [0.5, 0.6) is 0 Å². The van der Waals surface area contributed by atoms with Gasteiger partial charge < -0.3 is 10.6 Å². The SMILES string of the molecule is CC1(C)CC(NC(=O)c2cc([N+](=O)[O-])ccc2N=C(c2ccccc2)c2ccccc2)CC(C)(C)N1. The number of nitro groups is 1. The van der Waals surface area contributed by atoms with E-state index in [0.29, 0.717) is 11.4 Å². The number of nitro benzene ring substituents is 1. The zero-order valence-corrected chi connectivity index (χ0v) is 21.1. The Labute approximate surface area is 211 Å². The molecule has 3 aromatic rings. The molecule has 7 nitrogen and oxygen atoms in total. The molecule has 0 radical (unpaired) electrons. The van der Waals surface area contributed by atoms with Crippen molar-refractivity contribution in [3.63, 3.8) is 0 Å². The number of piperidine rings is 1. The van der Waals surface area contributed by atoms with Crippen LogP contribution in [-0.2, 0) is 0 Å². The Bertz CT molecular complexity index is 1230. The quantitative estimate of drug-likeness (QED) is 0.262. The van der Waals surface area contributed by atoms with Crippen LogP contribution in [0.2, 0.25) is 0 Å². The number of rotatable bonds is 6. The van der Waals surface area contributed by atoms with Gasteiger partial charge >= 0.3 is 0 Å². The van der Waals surface area contributed by atoms with Crippen molar-refractivity contribution in [1.29, 1.82) is 0 Å². The number of nitrogens with one attached hydrogen (secondary N) is 2. The number of carbonyl (C=O) groups excluding carboxylic acids is 1. The number of amides is 1. The van der Waals surface area contributed by atoms with Crippen molar-refractivity contribution in [2.75, 3.05) is 0 Å². The van der Waals surface area contributed by atoms with E-state index in [2.05, 4.69) is 38.3 Å². The van der Waals surface area contributed by atoms with Crippen molar-refractivity contribution in [3.8, 4) is 0 Å². The largest absolute Gasteiger partial charge is 0.349 e. The second-order valence-electron chi connectivity index (χ2n) is 10.6. The lowest BCUT2D eigenvalue weighted by Crippen LogP contribution is -2.62. The fourth-order valence-electron chi connectivity index (χ4n) is 5.21. The van der Waals surface area contributed by atoms with Crippen LogP contribution in [0.1, 0.15) is 62.0 Å². The van der Waals surface area contributed by atoms with E-state index in [1.54, 1.807) is 6.07 Å². The first-order valence-corrected chi connectivity index (χ1v) is 12.1. The van der Waals surface area contributed by atoms with Crippen LogP contribution in [0.4, 0.5) is 11.4 Å². The Kier molecular flexibility index (Phi) is 7.04. The van der Waals surface area contributed by atoms with E-state index in [-0.39, 0.29) is 34.3 Å². The molecule has 1 aliphatic heterocycles. The summed E-state index contributed by atoms with van der Waals surface area (Å²) in [6, 6.07) is 23.6. The molecule has 7 heteroatoms. The van der Waals surface area contributed by atoms with Crippen molar-refractivity contribution < 1.29 is 9.72 Å². The third-order valence-electron chi connectivity index (χ3n) is 6.29. The fourth-order valence-corrected chi connectivity index (χ4v) is 5.21. The number of non-ortho nitro benzene ring substituents is 1. The number of hydrogen-bond acceptors (Lipinski definition) is 5. The highest BCUT2D eigenvalue weighted by atomic mass is 16.6. The Morgan fingerprint density at radius 2 is 1.44 bits per heavy atom. The summed E-state index contributed by atoms with van der Waals surface area (Å²) in [7, 11) is 0. The Balaban J connectivity index is 1.77. The van der Waals surface area contributed by atoms with Gasteiger partial charge in [-0.25, -0.2) is 4.99 Å². The lowest BCUT2D eigenvalue weighted by Gasteiger charge is -2.46. The molecule has 0 aliphatic carbocycles. The summed E-state index contributed by atoms with van der Waals surface area (Å²) in [5, 5.41) is 18.3. The molecular formula is C29H32N4O3. The number of carbonyl (C=O) groups is 1. The number of aliphatic imine (C=N–C) groups is 1. The highest BCUT2D eigenvalue weighted by Crippen LogP contribution is 2.31. The molecular weight excluding hydrogens is 452 g/mol. The number of nitrogens with zero attached hydrogens (tertiary/aromatic N) is 2. The van der Waals surface area contributed by atoms with Gasteiger partial charge in [-0.05, 0) is 46.6 Å². The average Bonchev–Trinajstić information content (AvgIpc) is 2.81. The molecule has 3 aromatic carbocycles. The van der Waals surface area contributed by atoms with E-state index in [1.165, 1.54) is 12.1 Å². The topological polar surface area (TPSA) is 96.6 Å². The normalized spacial score (nSPS) is 16.7. The smallest absolute Gasteiger partial charge is 0.270 e. The molecule has 2 N–H and O–H groups in total. The zero-order valence-electron chi connectivity index (χ0n) is 21.1. The summed E-state index contributed by atoms with van der Waals surface area (Å²) in [6.45, 7) is 8.45. The molecule has 0 bridgehead atoms. The predicted octanol–water partition coefficient (Wildman–Crippen LogP) is 5.80. The van der Waals surface area contributed by atoms with E-state index in [4.69, 9.17) is 4.99 Å². The highest BCUT2D eigenvalue weighted by Gasteiger charge is 2.38. The third kappa shape index (κ3) is 6.04. The molecule has 0 unspecified atom stereocenters. The van der Waals surface area contributed by atoms with Crippen LogP contribution in [-0.4, -0.2) is 33.7 Å². The summed E-state index contributed by atoms with van der Waals surface area (Å²) in [5.74, 6) is -0.364. The van der Waals surface area contributed by atoms with Crippen LogP contribution in [0, 0.1) is 10.1 Å². The van der Waals surface area contributed by atoms with Gasteiger partial charge in [-0.1, -0.05) is 60.7 Å². The predicted molar refractivity (Wildman–Crippen MR) is 143 cm³/mol. The van der Waals surface area contributed by atoms with Gasteiger partial charge in [0.25, 0.3) is 11.6 Å². The summed E-state index contributed by atoms with van der Waals surface area (Å²) in [5.41, 5.74) is 2.56. The summed E-state index contributed by atoms with van der Waals surface area (Å²) in [6.07, 6.45) is 1.49. The zero-order chi connectivity index (χ0) is 25.9. The molecule has 36 heavy (non-hydrogen) atoms. The van der Waals surface area contributed by atoms with Gasteiger partial charge in [0.05, 0.1) is 21.9 Å². The Morgan fingerprint density at radius 1 is 0.917 bits per heavy atom. The van der Waals surface area contributed by atoms with Gasteiger partial charge in [0.1, 0.15) is 0 Å². The van der Waals surface area contributed by atoms with E-state index in [0.717, 1.165) is 24.0 Å². The number of hydrogen-bond donors (Lipinski definition) is 2. The van der Waals surface area contributed by atoms with E-state index in [1.807, 2.05) is 60.7 Å². The molecule has 1 aliphatic rings. The molecule has 4 rings (SSSR count). The van der Waals surface area contributed by atoms with Crippen LogP contribution >= 0.6 is 0 Å². The molecule has 0 atom stereocenters. The minimum Gasteiger partial charge on any atom is -0.349 e. The molecule has 0 spiro atoms. The molecule has 1 heterocycles. The third-order valence-corrected chi connectivity index (χ3v) is 6.29. The second-order valence-corrected chi connectivity index (χ2v) is 10.6. The minimum atomic E-state index is -0.490. The maximum atomic E-state index is 13.6. The molecule has 186 valence electrons. The average molecular weight is 485 g/mol. The molecule has 1 fully saturated rings. The number of benzene rings is 3. The van der Waals surface area contributed by atoms with E-state index in [9.17, 15) is 14.9 Å². The standard InChI is InChI=1S/C29H32N4O3/c1-28(2)18-22(19-29(3,4)32-28)30-27(34)24-17-23(33(35)36)15-16-25(24)31-26(20-11-7-5-8-12-20)21-13-9-6-10-14-21/h5-17,22,32H,18-19H2,1-4H3,(H,30,34). The second kappa shape index (κ2) is 10.0. The fraction of sp³-hybridized carbons (Fsp3) is 0.310. The highest BCUT2D eigenvalue weighted by molar-refractivity contribution is 6.14. The maximum Gasteiger partial charge on any atom is 0.270 e. The first-order valence-electron chi connectivity index (χ1n) is 12.1. The first-order chi connectivity index (χ1) is 17.0. The molecule has 1 amide bonds. The lowest BCUT2D eigenvalue weighted by molar-refractivity contribution is -0.384. The van der Waals surface area contributed by atoms with Gasteiger partial charge in [-0.15, -0.1) is 0 Å². The van der Waals surface area contributed by atoms with Gasteiger partial charge in [0.15, 0.2) is 0 Å². The molecule has 1 saturated heterocycles. The minimum absolute atomic E-state index is 0.0810. The van der Waals surface area contributed by atoms with Crippen molar-refractivity contribution >= 4 is 23.0 Å². The van der Waals surface area contributed by atoms with Crippen molar-refractivity contribution in [3.05, 3.63) is 106 Å². The molecule has 0 saturated carbocycles. The Morgan fingerprint density at radius 3 is 1.94 bits per heavy atom. The maximum absolute atomic E-state index is 13.6. The van der Waals surface area contributed by atoms with Gasteiger partial charge in [0.2, 0.25) is 0 Å². The van der Waals surface area contributed by atoms with Gasteiger partial charge in [0, 0.05) is 40.4 Å². The summed E-state index contributed by atoms with van der Waals surface area (Å²) < 4.78 is 0. The Hall–Kier alpha value is -3.84. The lowest BCUT2D eigenvalue weighted by atomic mass is 9.79.